The molecule has 1 aromatic carbocycles. The molecule has 0 atom stereocenters. The van der Waals surface area contributed by atoms with Crippen LogP contribution in [-0.2, 0) is 7.05 Å². The fourth-order valence-electron chi connectivity index (χ4n) is 1.67. The largest absolute Gasteiger partial charge is 0.503 e. The Hall–Kier alpha value is -2.77. The number of nitroso groups, excluding NO2 is 1. The third-order valence-electron chi connectivity index (χ3n) is 2.68. The van der Waals surface area contributed by atoms with Crippen LogP contribution >= 0.6 is 0 Å². The first-order valence-electron chi connectivity index (χ1n) is 5.41. The Morgan fingerprint density at radius 3 is 2.50 bits per heavy atom. The Morgan fingerprint density at radius 1 is 1.35 bits per heavy atom. The Balaban J connectivity index is 2.69. The molecule has 6 nitrogen and oxygen atoms in total. The average molecular weight is 281 g/mol. The second-order valence-corrected chi connectivity index (χ2v) is 4.00. The van der Waals surface area contributed by atoms with Crippen molar-refractivity contribution in [3.8, 4) is 5.75 Å². The van der Waals surface area contributed by atoms with E-state index in [9.17, 15) is 18.5 Å². The summed E-state index contributed by atoms with van der Waals surface area (Å²) in [6.07, 6.45) is 2.09. The number of aromatic amines is 1. The number of aromatic nitrogens is 2. The average Bonchev–Trinajstić information content (AvgIpc) is 2.65. The molecule has 0 saturated carbocycles. The van der Waals surface area contributed by atoms with Crippen LogP contribution in [-0.4, -0.2) is 14.7 Å². The van der Waals surface area contributed by atoms with Gasteiger partial charge in [-0.3, -0.25) is 9.36 Å². The summed E-state index contributed by atoms with van der Waals surface area (Å²) in [5.74, 6) is -3.36. The molecule has 2 aromatic rings. The first-order chi connectivity index (χ1) is 9.43. The van der Waals surface area contributed by atoms with Crippen LogP contribution in [0.1, 0.15) is 5.56 Å². The minimum atomic E-state index is -1.14. The van der Waals surface area contributed by atoms with Crippen molar-refractivity contribution in [2.75, 3.05) is 0 Å². The van der Waals surface area contributed by atoms with E-state index in [-0.39, 0.29) is 16.4 Å². The number of benzene rings is 1. The first kappa shape index (κ1) is 13.7. The van der Waals surface area contributed by atoms with Gasteiger partial charge in [0.25, 0.3) is 5.56 Å². The van der Waals surface area contributed by atoms with Crippen LogP contribution in [0.4, 0.5) is 8.78 Å². The van der Waals surface area contributed by atoms with Gasteiger partial charge in [0.2, 0.25) is 0 Å². The molecule has 1 aromatic heterocycles. The van der Waals surface area contributed by atoms with Gasteiger partial charge in [0.15, 0.2) is 17.4 Å². The molecule has 20 heavy (non-hydrogen) atoms. The Kier molecular flexibility index (Phi) is 3.47. The van der Waals surface area contributed by atoms with Crippen molar-refractivity contribution in [1.29, 1.82) is 0 Å². The number of phenols is 1. The smallest absolute Gasteiger partial charge is 0.275 e. The number of halogens is 2. The molecule has 8 heteroatoms. The lowest BCUT2D eigenvalue weighted by molar-refractivity contribution is 0.396. The summed E-state index contributed by atoms with van der Waals surface area (Å²) in [5, 5.41) is 11.5. The van der Waals surface area contributed by atoms with E-state index in [0.717, 1.165) is 22.9 Å². The van der Waals surface area contributed by atoms with Gasteiger partial charge >= 0.3 is 0 Å². The van der Waals surface area contributed by atoms with Gasteiger partial charge < -0.3 is 10.1 Å². The Morgan fingerprint density at radius 2 is 1.95 bits per heavy atom. The fraction of sp³-hybridized carbons (Fsp3) is 0.0833. The molecule has 0 aliphatic rings. The van der Waals surface area contributed by atoms with Crippen LogP contribution in [0.15, 0.2) is 22.1 Å². The zero-order valence-corrected chi connectivity index (χ0v) is 10.2. The van der Waals surface area contributed by atoms with Crippen LogP contribution in [0.25, 0.3) is 12.3 Å². The van der Waals surface area contributed by atoms with Crippen molar-refractivity contribution in [1.82, 2.24) is 9.55 Å². The van der Waals surface area contributed by atoms with Crippen LogP contribution in [0.3, 0.4) is 0 Å². The summed E-state index contributed by atoms with van der Waals surface area (Å²) in [6, 6.07) is 1.75. The molecule has 0 aliphatic heterocycles. The van der Waals surface area contributed by atoms with E-state index in [1.54, 1.807) is 0 Å². The van der Waals surface area contributed by atoms with Crippen molar-refractivity contribution in [2.45, 2.75) is 0 Å². The number of hydrogen-bond donors (Lipinski definition) is 2. The van der Waals surface area contributed by atoms with Crippen molar-refractivity contribution < 1.29 is 13.9 Å². The highest BCUT2D eigenvalue weighted by Crippen LogP contribution is 2.21. The summed E-state index contributed by atoms with van der Waals surface area (Å²) in [5.41, 5.74) is -0.299. The van der Waals surface area contributed by atoms with E-state index in [1.165, 1.54) is 13.1 Å². The normalized spacial score (nSPS) is 12.9. The van der Waals surface area contributed by atoms with Gasteiger partial charge in [0.05, 0.1) is 0 Å². The Labute approximate surface area is 110 Å². The number of rotatable bonds is 2. The minimum Gasteiger partial charge on any atom is -0.503 e. The van der Waals surface area contributed by atoms with Crippen LogP contribution in [0.5, 0.6) is 5.75 Å². The first-order valence-corrected chi connectivity index (χ1v) is 5.41. The number of aromatic hydroxyl groups is 1. The summed E-state index contributed by atoms with van der Waals surface area (Å²) < 4.78 is 27.5. The van der Waals surface area contributed by atoms with Gasteiger partial charge in [0.1, 0.15) is 17.0 Å². The highest BCUT2D eigenvalue weighted by Gasteiger charge is 2.08. The maximum atomic E-state index is 13.2. The number of nitrogens with one attached hydrogen (secondary N) is 1. The quantitative estimate of drug-likeness (QED) is 0.761. The maximum Gasteiger partial charge on any atom is 0.275 e. The lowest BCUT2D eigenvalue weighted by Gasteiger charge is -1.98. The molecular formula is C12H9F2N3O3. The third-order valence-corrected chi connectivity index (χ3v) is 2.68. The highest BCUT2D eigenvalue weighted by molar-refractivity contribution is 5.50. The molecule has 2 rings (SSSR count). The predicted octanol–water partition coefficient (Wildman–Crippen LogP) is 0.0304. The van der Waals surface area contributed by atoms with Gasteiger partial charge in [-0.2, -0.15) is 0 Å². The standard InChI is InChI=1S/C12H9F2N3O3/c1-17-10(5-15-20)16-9(12(17)19)4-6-2-7(13)11(18)8(14)3-6/h2-5,16,18H,1H3/b9-4-,10-5-. The van der Waals surface area contributed by atoms with Crippen molar-refractivity contribution in [3.05, 3.63) is 55.4 Å². The SMILES string of the molecule is Cn1c(=O)/c(=C/c2cc(F)c(O)c(F)c2)[nH]/c1=C/N=O. The molecule has 0 radical (unpaired) electrons. The molecule has 104 valence electrons. The van der Waals surface area contributed by atoms with Gasteiger partial charge in [0, 0.05) is 7.05 Å². The molecule has 0 unspecified atom stereocenters. The molecule has 2 N–H and O–H groups in total. The highest BCUT2D eigenvalue weighted by atomic mass is 19.1. The number of hydrogen-bond acceptors (Lipinski definition) is 4. The summed E-state index contributed by atoms with van der Waals surface area (Å²) in [4.78, 5) is 24.6. The molecular weight excluding hydrogens is 272 g/mol. The van der Waals surface area contributed by atoms with Gasteiger partial charge in [-0.1, -0.05) is 0 Å². The molecule has 0 amide bonds. The molecule has 1 heterocycles. The van der Waals surface area contributed by atoms with E-state index in [4.69, 9.17) is 5.11 Å². The van der Waals surface area contributed by atoms with Gasteiger partial charge in [-0.25, -0.2) is 8.78 Å². The van der Waals surface area contributed by atoms with Crippen LogP contribution < -0.4 is 16.4 Å². The van der Waals surface area contributed by atoms with Gasteiger partial charge in [-0.15, -0.1) is 4.91 Å². The monoisotopic (exact) mass is 281 g/mol. The van der Waals surface area contributed by atoms with Crippen LogP contribution in [0.2, 0.25) is 0 Å². The number of nitrogens with zero attached hydrogens (tertiary/aromatic N) is 2. The van der Waals surface area contributed by atoms with E-state index in [2.05, 4.69) is 10.2 Å². The number of H-pyrrole nitrogens is 1. The van der Waals surface area contributed by atoms with Crippen molar-refractivity contribution >= 4 is 12.3 Å². The number of imidazole rings is 1. The minimum absolute atomic E-state index is 0.0203. The van der Waals surface area contributed by atoms with E-state index in [1.807, 2.05) is 0 Å². The maximum absolute atomic E-state index is 13.2. The van der Waals surface area contributed by atoms with Crippen LogP contribution in [0, 0.1) is 16.5 Å². The molecule has 0 saturated heterocycles. The topological polar surface area (TPSA) is 87.4 Å². The third kappa shape index (κ3) is 2.35. The summed E-state index contributed by atoms with van der Waals surface area (Å²) in [6.45, 7) is 0. The molecule has 0 aliphatic carbocycles. The van der Waals surface area contributed by atoms with Crippen molar-refractivity contribution in [3.63, 3.8) is 0 Å². The molecule has 0 bridgehead atoms. The fourth-order valence-corrected chi connectivity index (χ4v) is 1.67. The number of phenolic OH excluding ortho intramolecular Hbond substituents is 1. The van der Waals surface area contributed by atoms with E-state index in [0.29, 0.717) is 0 Å². The van der Waals surface area contributed by atoms with E-state index < -0.39 is 22.9 Å². The zero-order valence-electron chi connectivity index (χ0n) is 10.2. The second-order valence-electron chi connectivity index (χ2n) is 4.00. The zero-order chi connectivity index (χ0) is 14.9. The summed E-state index contributed by atoms with van der Waals surface area (Å²) >= 11 is 0. The Bertz CT molecular complexity index is 829. The molecule has 0 spiro atoms. The van der Waals surface area contributed by atoms with Gasteiger partial charge in [-0.05, 0) is 28.9 Å². The lowest BCUT2D eigenvalue weighted by Crippen LogP contribution is -2.28. The lowest BCUT2D eigenvalue weighted by atomic mass is 10.2. The predicted molar refractivity (Wildman–Crippen MR) is 67.1 cm³/mol. The van der Waals surface area contributed by atoms with E-state index >= 15 is 0 Å². The molecule has 0 fully saturated rings. The van der Waals surface area contributed by atoms with Crippen molar-refractivity contribution in [2.24, 2.45) is 12.2 Å². The summed E-state index contributed by atoms with van der Waals surface area (Å²) in [7, 11) is 1.41. The second kappa shape index (κ2) is 5.08.